The summed E-state index contributed by atoms with van der Waals surface area (Å²) in [6, 6.07) is 0.472. The zero-order valence-corrected chi connectivity index (χ0v) is 15.0. The van der Waals surface area contributed by atoms with Crippen molar-refractivity contribution in [3.8, 4) is 0 Å². The van der Waals surface area contributed by atoms with Crippen LogP contribution in [0.15, 0.2) is 5.38 Å². The predicted octanol–water partition coefficient (Wildman–Crippen LogP) is 1.93. The lowest BCUT2D eigenvalue weighted by molar-refractivity contribution is -0.123. The first-order valence-corrected chi connectivity index (χ1v) is 8.92. The molecule has 0 spiro atoms. The number of amides is 2. The number of aromatic nitrogens is 1. The average Bonchev–Trinajstić information content (AvgIpc) is 2.87. The zero-order valence-electron chi connectivity index (χ0n) is 14.2. The Morgan fingerprint density at radius 3 is 2.83 bits per heavy atom. The summed E-state index contributed by atoms with van der Waals surface area (Å²) >= 11 is 1.35. The van der Waals surface area contributed by atoms with Gasteiger partial charge in [-0.2, -0.15) is 0 Å². The van der Waals surface area contributed by atoms with E-state index in [1.807, 2.05) is 26.2 Å². The standard InChI is InChI=1S/C16H26N4O2S/c1-10-12(6-5-7-17-10)19-13(21)8-11-9-23-15(18-11)20-14(22)16(2,3)4/h9-10,12,17H,5-8H2,1-4H3,(H,19,21)(H,18,20,22). The van der Waals surface area contributed by atoms with E-state index < -0.39 is 5.41 Å². The molecule has 1 aromatic rings. The quantitative estimate of drug-likeness (QED) is 0.783. The van der Waals surface area contributed by atoms with Crippen molar-refractivity contribution in [2.75, 3.05) is 11.9 Å². The molecule has 0 bridgehead atoms. The molecule has 2 unspecified atom stereocenters. The number of hydrogen-bond acceptors (Lipinski definition) is 5. The molecule has 2 amide bonds. The van der Waals surface area contributed by atoms with Crippen LogP contribution in [0.5, 0.6) is 0 Å². The van der Waals surface area contributed by atoms with Crippen LogP contribution in [0, 0.1) is 5.41 Å². The van der Waals surface area contributed by atoms with E-state index in [1.165, 1.54) is 11.3 Å². The van der Waals surface area contributed by atoms with Crippen molar-refractivity contribution in [2.24, 2.45) is 5.41 Å². The maximum absolute atomic E-state index is 12.2. The Hall–Kier alpha value is -1.47. The molecule has 0 radical (unpaired) electrons. The normalized spacial score (nSPS) is 21.7. The van der Waals surface area contributed by atoms with Crippen LogP contribution >= 0.6 is 11.3 Å². The molecule has 0 aliphatic carbocycles. The van der Waals surface area contributed by atoms with Gasteiger partial charge in [-0.1, -0.05) is 20.8 Å². The number of carbonyl (C=O) groups excluding carboxylic acids is 2. The molecule has 0 saturated carbocycles. The van der Waals surface area contributed by atoms with Crippen LogP contribution in [0.1, 0.15) is 46.2 Å². The van der Waals surface area contributed by atoms with Crippen molar-refractivity contribution in [1.29, 1.82) is 0 Å². The molecule has 2 rings (SSSR count). The topological polar surface area (TPSA) is 83.1 Å². The number of piperidine rings is 1. The molecule has 1 aliphatic rings. The van der Waals surface area contributed by atoms with Crippen molar-refractivity contribution < 1.29 is 9.59 Å². The van der Waals surface area contributed by atoms with Crippen molar-refractivity contribution in [3.63, 3.8) is 0 Å². The fourth-order valence-electron chi connectivity index (χ4n) is 2.39. The number of nitrogens with one attached hydrogen (secondary N) is 3. The maximum Gasteiger partial charge on any atom is 0.231 e. The van der Waals surface area contributed by atoms with Gasteiger partial charge in [0.15, 0.2) is 5.13 Å². The third-order valence-corrected chi connectivity index (χ3v) is 4.71. The van der Waals surface area contributed by atoms with Crippen molar-refractivity contribution in [3.05, 3.63) is 11.1 Å². The Morgan fingerprint density at radius 2 is 2.17 bits per heavy atom. The summed E-state index contributed by atoms with van der Waals surface area (Å²) in [5.41, 5.74) is 0.223. The fourth-order valence-corrected chi connectivity index (χ4v) is 3.10. The molecule has 7 heteroatoms. The maximum atomic E-state index is 12.2. The highest BCUT2D eigenvalue weighted by atomic mass is 32.1. The number of carbonyl (C=O) groups is 2. The minimum Gasteiger partial charge on any atom is -0.351 e. The molecule has 2 heterocycles. The van der Waals surface area contributed by atoms with E-state index in [-0.39, 0.29) is 24.3 Å². The second kappa shape index (κ2) is 7.40. The second-order valence-electron chi connectivity index (χ2n) is 7.08. The number of nitrogens with zero attached hydrogens (tertiary/aromatic N) is 1. The third-order valence-electron chi connectivity index (χ3n) is 3.90. The number of anilines is 1. The van der Waals surface area contributed by atoms with Gasteiger partial charge in [0.25, 0.3) is 0 Å². The number of hydrogen-bond donors (Lipinski definition) is 3. The molecule has 2 atom stereocenters. The first kappa shape index (κ1) is 17.9. The summed E-state index contributed by atoms with van der Waals surface area (Å²) in [6.45, 7) is 8.65. The van der Waals surface area contributed by atoms with E-state index in [2.05, 4.69) is 27.9 Å². The van der Waals surface area contributed by atoms with Gasteiger partial charge in [0.2, 0.25) is 11.8 Å². The van der Waals surface area contributed by atoms with E-state index in [1.54, 1.807) is 0 Å². The van der Waals surface area contributed by atoms with Crippen LogP contribution in [0.2, 0.25) is 0 Å². The number of thiazole rings is 1. The molecule has 1 fully saturated rings. The Labute approximate surface area is 141 Å². The van der Waals surface area contributed by atoms with Gasteiger partial charge in [-0.25, -0.2) is 4.98 Å². The Kier molecular flexibility index (Phi) is 5.75. The molecule has 1 aliphatic heterocycles. The van der Waals surface area contributed by atoms with E-state index in [4.69, 9.17) is 0 Å². The highest BCUT2D eigenvalue weighted by Crippen LogP contribution is 2.20. The smallest absolute Gasteiger partial charge is 0.231 e. The van der Waals surface area contributed by atoms with E-state index in [0.29, 0.717) is 16.9 Å². The molecule has 128 valence electrons. The molecule has 3 N–H and O–H groups in total. The number of rotatable bonds is 4. The van der Waals surface area contributed by atoms with Gasteiger partial charge < -0.3 is 16.0 Å². The van der Waals surface area contributed by atoms with E-state index in [9.17, 15) is 9.59 Å². The van der Waals surface area contributed by atoms with E-state index >= 15 is 0 Å². The average molecular weight is 338 g/mol. The Bertz CT molecular complexity index is 565. The van der Waals surface area contributed by atoms with Gasteiger partial charge in [0, 0.05) is 22.9 Å². The Balaban J connectivity index is 1.86. The van der Waals surface area contributed by atoms with Gasteiger partial charge >= 0.3 is 0 Å². The van der Waals surface area contributed by atoms with Crippen molar-refractivity contribution in [1.82, 2.24) is 15.6 Å². The lowest BCUT2D eigenvalue weighted by atomic mass is 9.96. The highest BCUT2D eigenvalue weighted by molar-refractivity contribution is 7.13. The van der Waals surface area contributed by atoms with Crippen LogP contribution in [-0.2, 0) is 16.0 Å². The third kappa shape index (κ3) is 5.28. The summed E-state index contributed by atoms with van der Waals surface area (Å²) < 4.78 is 0. The lowest BCUT2D eigenvalue weighted by Gasteiger charge is -2.30. The van der Waals surface area contributed by atoms with Crippen molar-refractivity contribution >= 4 is 28.3 Å². The highest BCUT2D eigenvalue weighted by Gasteiger charge is 2.24. The SMILES string of the molecule is CC1NCCCC1NC(=O)Cc1csc(NC(=O)C(C)(C)C)n1. The molecule has 6 nitrogen and oxygen atoms in total. The zero-order chi connectivity index (χ0) is 17.0. The van der Waals surface area contributed by atoms with Crippen LogP contribution in [0.4, 0.5) is 5.13 Å². The van der Waals surface area contributed by atoms with Crippen LogP contribution in [0.25, 0.3) is 0 Å². The second-order valence-corrected chi connectivity index (χ2v) is 7.94. The first-order chi connectivity index (χ1) is 10.8. The van der Waals surface area contributed by atoms with Gasteiger partial charge in [-0.15, -0.1) is 11.3 Å². The van der Waals surface area contributed by atoms with Crippen molar-refractivity contribution in [2.45, 2.75) is 59.0 Å². The molecule has 1 aromatic heterocycles. The fraction of sp³-hybridized carbons (Fsp3) is 0.688. The Morgan fingerprint density at radius 1 is 1.43 bits per heavy atom. The summed E-state index contributed by atoms with van der Waals surface area (Å²) in [6.07, 6.45) is 2.32. The summed E-state index contributed by atoms with van der Waals surface area (Å²) in [4.78, 5) is 28.4. The van der Waals surface area contributed by atoms with Gasteiger partial charge in [-0.05, 0) is 26.3 Å². The monoisotopic (exact) mass is 338 g/mol. The van der Waals surface area contributed by atoms with Crippen LogP contribution < -0.4 is 16.0 Å². The predicted molar refractivity (Wildman–Crippen MR) is 92.5 cm³/mol. The van der Waals surface area contributed by atoms with Crippen LogP contribution in [0.3, 0.4) is 0 Å². The summed E-state index contributed by atoms with van der Waals surface area (Å²) in [7, 11) is 0. The molecular weight excluding hydrogens is 312 g/mol. The van der Waals surface area contributed by atoms with Gasteiger partial charge in [0.05, 0.1) is 12.1 Å². The van der Waals surface area contributed by atoms with Gasteiger partial charge in [-0.3, -0.25) is 9.59 Å². The molecule has 0 aromatic carbocycles. The first-order valence-electron chi connectivity index (χ1n) is 8.04. The van der Waals surface area contributed by atoms with Crippen LogP contribution in [-0.4, -0.2) is 35.4 Å². The summed E-state index contributed by atoms with van der Waals surface area (Å²) in [5, 5.41) is 11.6. The minimum atomic E-state index is -0.465. The minimum absolute atomic E-state index is 0.0236. The van der Waals surface area contributed by atoms with E-state index in [0.717, 1.165) is 19.4 Å². The van der Waals surface area contributed by atoms with Gasteiger partial charge in [0.1, 0.15) is 0 Å². The summed E-state index contributed by atoms with van der Waals surface area (Å²) in [5.74, 6) is -0.102. The largest absolute Gasteiger partial charge is 0.351 e. The molecule has 1 saturated heterocycles. The lowest BCUT2D eigenvalue weighted by Crippen LogP contribution is -2.52. The molecular formula is C16H26N4O2S. The molecule has 23 heavy (non-hydrogen) atoms.